The molecule has 1 rings (SSSR count). The van der Waals surface area contributed by atoms with Gasteiger partial charge in [0.05, 0.1) is 0 Å². The van der Waals surface area contributed by atoms with E-state index in [4.69, 9.17) is 0 Å². The zero-order chi connectivity index (χ0) is 5.82. The molecule has 68 valence electrons. The number of allylic oxidation sites excluding steroid dienone is 2. The van der Waals surface area contributed by atoms with Crippen molar-refractivity contribution >= 4 is 0 Å². The molecule has 0 unspecified atom stereocenters. The molecule has 2 heteroatoms. The Morgan fingerprint density at radius 3 is 1.83 bits per heavy atom. The Bertz CT molecular complexity index is 107. The van der Waals surface area contributed by atoms with Gasteiger partial charge in [0.25, 0.3) is 0 Å². The summed E-state index contributed by atoms with van der Waals surface area (Å²) >= 11 is 0. The van der Waals surface area contributed by atoms with Crippen molar-refractivity contribution in [3.63, 3.8) is 0 Å². The van der Waals surface area contributed by atoms with Crippen LogP contribution in [-0.2, 0) is 25.8 Å². The van der Waals surface area contributed by atoms with Gasteiger partial charge in [-0.25, -0.2) is 0 Å². The smallest absolute Gasteiger partial charge is 0.653 e. The Balaban J connectivity index is -0.0000000800. The normalized spacial score (nSPS) is 12.1. The molecule has 0 aromatic heterocycles. The molecule has 0 fully saturated rings. The van der Waals surface area contributed by atoms with Gasteiger partial charge < -0.3 is 27.6 Å². The van der Waals surface area contributed by atoms with E-state index in [-0.39, 0.29) is 48.1 Å². The van der Waals surface area contributed by atoms with Crippen LogP contribution in [-0.4, -0.2) is 12.6 Å². The van der Waals surface area contributed by atoms with Crippen molar-refractivity contribution in [1.29, 1.82) is 0 Å². The number of hydrogen-bond donors (Lipinski definition) is 0. The van der Waals surface area contributed by atoms with Crippen molar-refractivity contribution in [3.8, 4) is 0 Å². The Kier molecular flexibility index (Phi) is 26.4. The Hall–Kier alpha value is 0.310. The molecule has 0 amide bonds. The predicted octanol–water partition coefficient (Wildman–Crippen LogP) is 3.22. The van der Waals surface area contributed by atoms with Gasteiger partial charge in [-0.05, 0) is 0 Å². The summed E-state index contributed by atoms with van der Waals surface area (Å²) in [6.07, 6.45) is 8.24. The van der Waals surface area contributed by atoms with E-state index in [1.165, 1.54) is 0 Å². The van der Waals surface area contributed by atoms with Crippen LogP contribution >= 0.6 is 0 Å². The van der Waals surface area contributed by atoms with E-state index in [0.717, 1.165) is 6.54 Å². The first kappa shape index (κ1) is 22.8. The van der Waals surface area contributed by atoms with Crippen LogP contribution in [0.4, 0.5) is 0 Å². The summed E-state index contributed by atoms with van der Waals surface area (Å²) in [5, 5.41) is 4.25. The summed E-state index contributed by atoms with van der Waals surface area (Å²) in [5.41, 5.74) is 0. The first-order valence-corrected chi connectivity index (χ1v) is 2.95. The zero-order valence-corrected chi connectivity index (χ0v) is 12.1. The Morgan fingerprint density at radius 2 is 1.50 bits per heavy atom. The SMILES string of the molecule is CC[N-]C1C=CC=C1.[CH3-].[CH3-].[CH3-].[Hf+4]. The van der Waals surface area contributed by atoms with E-state index in [0.29, 0.717) is 6.04 Å². The van der Waals surface area contributed by atoms with Crippen LogP contribution in [0, 0.1) is 22.3 Å². The molecule has 0 heterocycles. The average Bonchev–Trinajstić information content (AvgIpc) is 2.19. The zero-order valence-electron chi connectivity index (χ0n) is 8.54. The monoisotopic (exact) mass is 333 g/mol. The van der Waals surface area contributed by atoms with E-state index >= 15 is 0 Å². The third-order valence-corrected chi connectivity index (χ3v) is 1.12. The van der Waals surface area contributed by atoms with Gasteiger partial charge in [0.1, 0.15) is 0 Å². The minimum Gasteiger partial charge on any atom is -0.653 e. The van der Waals surface area contributed by atoms with E-state index < -0.39 is 0 Å². The maximum atomic E-state index is 4.25. The quantitative estimate of drug-likeness (QED) is 0.545. The number of rotatable bonds is 2. The predicted molar refractivity (Wildman–Crippen MR) is 55.2 cm³/mol. The van der Waals surface area contributed by atoms with Crippen molar-refractivity contribution < 1.29 is 25.8 Å². The molecule has 0 aromatic rings. The molecular formula is C10H19HfN. The van der Waals surface area contributed by atoms with Gasteiger partial charge in [0.15, 0.2) is 0 Å². The molecule has 1 aliphatic carbocycles. The summed E-state index contributed by atoms with van der Waals surface area (Å²) in [7, 11) is 0. The van der Waals surface area contributed by atoms with Crippen molar-refractivity contribution in [2.24, 2.45) is 0 Å². The second kappa shape index (κ2) is 13.9. The molecule has 0 aliphatic heterocycles. The molecule has 0 radical (unpaired) electrons. The molecule has 12 heavy (non-hydrogen) atoms. The van der Waals surface area contributed by atoms with Crippen LogP contribution in [0.1, 0.15) is 6.92 Å². The Labute approximate surface area is 97.1 Å². The summed E-state index contributed by atoms with van der Waals surface area (Å²) < 4.78 is 0. The van der Waals surface area contributed by atoms with Crippen LogP contribution in [0.2, 0.25) is 0 Å². The molecule has 0 saturated heterocycles. The summed E-state index contributed by atoms with van der Waals surface area (Å²) in [6, 6.07) is 0.375. The van der Waals surface area contributed by atoms with Crippen LogP contribution in [0.5, 0.6) is 0 Å². The topological polar surface area (TPSA) is 14.1 Å². The fraction of sp³-hybridized carbons (Fsp3) is 0.300. The Morgan fingerprint density at radius 1 is 1.08 bits per heavy atom. The van der Waals surface area contributed by atoms with Gasteiger partial charge in [-0.3, -0.25) is 0 Å². The van der Waals surface area contributed by atoms with Crippen LogP contribution < -0.4 is 0 Å². The van der Waals surface area contributed by atoms with Crippen LogP contribution in [0.25, 0.3) is 5.32 Å². The van der Waals surface area contributed by atoms with Crippen LogP contribution in [0.15, 0.2) is 24.3 Å². The average molecular weight is 332 g/mol. The molecule has 1 aliphatic rings. The fourth-order valence-corrected chi connectivity index (χ4v) is 0.753. The molecule has 0 N–H and O–H groups in total. The van der Waals surface area contributed by atoms with E-state index in [9.17, 15) is 0 Å². The van der Waals surface area contributed by atoms with Gasteiger partial charge >= 0.3 is 25.8 Å². The van der Waals surface area contributed by atoms with Crippen molar-refractivity contribution in [2.45, 2.75) is 13.0 Å². The van der Waals surface area contributed by atoms with Gasteiger partial charge in [0.2, 0.25) is 0 Å². The van der Waals surface area contributed by atoms with Crippen molar-refractivity contribution in [2.75, 3.05) is 6.54 Å². The number of nitrogens with zero attached hydrogens (tertiary/aromatic N) is 1. The second-order valence-electron chi connectivity index (χ2n) is 1.76. The second-order valence-corrected chi connectivity index (χ2v) is 1.76. The molecule has 0 saturated carbocycles. The molecule has 0 aromatic carbocycles. The van der Waals surface area contributed by atoms with Crippen molar-refractivity contribution in [1.82, 2.24) is 0 Å². The van der Waals surface area contributed by atoms with Gasteiger partial charge in [-0.2, -0.15) is 6.54 Å². The summed E-state index contributed by atoms with van der Waals surface area (Å²) in [4.78, 5) is 0. The minimum atomic E-state index is 0. The van der Waals surface area contributed by atoms with Gasteiger partial charge in [-0.1, -0.05) is 37.3 Å². The molecular weight excluding hydrogens is 313 g/mol. The van der Waals surface area contributed by atoms with E-state index in [2.05, 4.69) is 24.4 Å². The van der Waals surface area contributed by atoms with Gasteiger partial charge in [0, 0.05) is 0 Å². The maximum absolute atomic E-state index is 4.25. The summed E-state index contributed by atoms with van der Waals surface area (Å²) in [5.74, 6) is 0. The maximum Gasteiger partial charge on any atom is 4.00 e. The first-order valence-electron chi connectivity index (χ1n) is 2.95. The molecule has 1 nitrogen and oxygen atoms in total. The molecule has 0 spiro atoms. The third-order valence-electron chi connectivity index (χ3n) is 1.12. The standard InChI is InChI=1S/C7H10N.3CH3.Hf/c1-2-8-7-5-3-4-6-7;;;;/h3-7H,2H2,1H3;3*1H3;/q4*-1;+4. The number of likely N-dealkylation sites (N-methyl/N-ethyl adjacent to an activating group) is 1. The largest absolute Gasteiger partial charge is 4.00 e. The third kappa shape index (κ3) is 8.41. The summed E-state index contributed by atoms with van der Waals surface area (Å²) in [6.45, 7) is 2.97. The fourth-order valence-electron chi connectivity index (χ4n) is 0.753. The molecule has 0 atom stereocenters. The van der Waals surface area contributed by atoms with E-state index in [1.54, 1.807) is 0 Å². The first-order chi connectivity index (χ1) is 3.93. The van der Waals surface area contributed by atoms with Crippen molar-refractivity contribution in [3.05, 3.63) is 51.9 Å². The minimum absolute atomic E-state index is 0. The van der Waals surface area contributed by atoms with E-state index in [1.807, 2.05) is 12.2 Å². The number of hydrogen-bond acceptors (Lipinski definition) is 0. The van der Waals surface area contributed by atoms with Crippen LogP contribution in [0.3, 0.4) is 0 Å². The van der Waals surface area contributed by atoms with Gasteiger partial charge in [-0.15, -0.1) is 0 Å². The molecule has 0 bridgehead atoms.